The van der Waals surface area contributed by atoms with Gasteiger partial charge in [-0.1, -0.05) is 13.2 Å². The van der Waals surface area contributed by atoms with Crippen molar-refractivity contribution in [1.29, 1.82) is 0 Å². The minimum Gasteiger partial charge on any atom is -0.477 e. The molecule has 126 valence electrons. The first-order chi connectivity index (χ1) is 10.9. The zero-order valence-corrected chi connectivity index (χ0v) is 13.0. The second-order valence-corrected chi connectivity index (χ2v) is 4.94. The van der Waals surface area contributed by atoms with Crippen LogP contribution in [0.1, 0.15) is 6.92 Å². The van der Waals surface area contributed by atoms with E-state index in [4.69, 9.17) is 4.74 Å². The van der Waals surface area contributed by atoms with Crippen LogP contribution in [-0.2, 0) is 19.1 Å². The average molecular weight is 323 g/mol. The van der Waals surface area contributed by atoms with Crippen molar-refractivity contribution in [2.75, 3.05) is 26.2 Å². The van der Waals surface area contributed by atoms with E-state index in [2.05, 4.69) is 23.8 Å². The van der Waals surface area contributed by atoms with Gasteiger partial charge in [-0.25, -0.2) is 4.79 Å². The Kier molecular flexibility index (Phi) is 7.17. The van der Waals surface area contributed by atoms with E-state index in [1.54, 1.807) is 0 Å². The highest BCUT2D eigenvalue weighted by atomic mass is 16.5. The molecule has 23 heavy (non-hydrogen) atoms. The van der Waals surface area contributed by atoms with Gasteiger partial charge in [0.15, 0.2) is 0 Å². The molecule has 1 aliphatic heterocycles. The maximum atomic E-state index is 12.0. The molecule has 1 unspecified atom stereocenters. The molecule has 0 aromatic heterocycles. The molecule has 0 saturated carbocycles. The summed E-state index contributed by atoms with van der Waals surface area (Å²) in [5.74, 6) is -2.49. The fourth-order valence-corrected chi connectivity index (χ4v) is 1.87. The van der Waals surface area contributed by atoms with Crippen molar-refractivity contribution < 1.29 is 24.2 Å². The zero-order valence-electron chi connectivity index (χ0n) is 13.0. The van der Waals surface area contributed by atoms with Gasteiger partial charge < -0.3 is 20.5 Å². The zero-order chi connectivity index (χ0) is 17.4. The number of amides is 2. The lowest BCUT2D eigenvalue weighted by molar-refractivity contribution is -0.139. The number of hydrogen-bond donors (Lipinski definition) is 3. The van der Waals surface area contributed by atoms with Gasteiger partial charge in [0.25, 0.3) is 5.91 Å². The quantitative estimate of drug-likeness (QED) is 0.551. The van der Waals surface area contributed by atoms with Gasteiger partial charge in [0.2, 0.25) is 5.91 Å². The van der Waals surface area contributed by atoms with Crippen LogP contribution in [0.2, 0.25) is 0 Å². The smallest absolute Gasteiger partial charge is 0.354 e. The molecule has 0 aliphatic carbocycles. The molecular formula is C15H21N3O5. The van der Waals surface area contributed by atoms with Crippen molar-refractivity contribution in [3.8, 4) is 0 Å². The fraction of sp³-hybridized carbons (Fsp3) is 0.400. The monoisotopic (exact) mass is 323 g/mol. The SMILES string of the molecule is C=CC(=O)N(CC1CNCCO1)C(=CNC(=O)C(=C)C)C(=O)O. The Morgan fingerprint density at radius 1 is 1.48 bits per heavy atom. The summed E-state index contributed by atoms with van der Waals surface area (Å²) >= 11 is 0. The Bertz CT molecular complexity index is 535. The van der Waals surface area contributed by atoms with Crippen LogP contribution < -0.4 is 10.6 Å². The molecule has 1 heterocycles. The lowest BCUT2D eigenvalue weighted by Crippen LogP contribution is -2.47. The van der Waals surface area contributed by atoms with Gasteiger partial charge in [-0.2, -0.15) is 0 Å². The molecule has 1 rings (SSSR count). The maximum Gasteiger partial charge on any atom is 0.354 e. The van der Waals surface area contributed by atoms with Crippen molar-refractivity contribution in [2.24, 2.45) is 0 Å². The van der Waals surface area contributed by atoms with Crippen LogP contribution in [-0.4, -0.2) is 60.1 Å². The van der Waals surface area contributed by atoms with Crippen LogP contribution in [0.25, 0.3) is 0 Å². The van der Waals surface area contributed by atoms with Crippen molar-refractivity contribution >= 4 is 17.8 Å². The van der Waals surface area contributed by atoms with Crippen LogP contribution in [0.3, 0.4) is 0 Å². The van der Waals surface area contributed by atoms with Crippen molar-refractivity contribution in [1.82, 2.24) is 15.5 Å². The molecule has 2 amide bonds. The van der Waals surface area contributed by atoms with E-state index < -0.39 is 17.8 Å². The van der Waals surface area contributed by atoms with Crippen molar-refractivity contribution in [3.63, 3.8) is 0 Å². The fourth-order valence-electron chi connectivity index (χ4n) is 1.87. The van der Waals surface area contributed by atoms with Crippen LogP contribution in [0, 0.1) is 0 Å². The number of hydrogen-bond acceptors (Lipinski definition) is 5. The van der Waals surface area contributed by atoms with Crippen LogP contribution >= 0.6 is 0 Å². The van der Waals surface area contributed by atoms with Gasteiger partial charge in [-0.05, 0) is 13.0 Å². The molecule has 3 N–H and O–H groups in total. The van der Waals surface area contributed by atoms with E-state index in [1.807, 2.05) is 0 Å². The summed E-state index contributed by atoms with van der Waals surface area (Å²) in [5.41, 5.74) is -0.161. The van der Waals surface area contributed by atoms with Crippen LogP contribution in [0.15, 0.2) is 36.7 Å². The highest BCUT2D eigenvalue weighted by molar-refractivity contribution is 5.98. The normalized spacial score (nSPS) is 18.0. The van der Waals surface area contributed by atoms with E-state index in [0.717, 1.165) is 17.2 Å². The van der Waals surface area contributed by atoms with Gasteiger partial charge in [0.1, 0.15) is 5.70 Å². The molecule has 0 radical (unpaired) electrons. The minimum atomic E-state index is -1.36. The Balaban J connectivity index is 2.97. The molecule has 8 heteroatoms. The highest BCUT2D eigenvalue weighted by Crippen LogP contribution is 2.10. The van der Waals surface area contributed by atoms with Crippen LogP contribution in [0.4, 0.5) is 0 Å². The van der Waals surface area contributed by atoms with E-state index in [-0.39, 0.29) is 23.9 Å². The van der Waals surface area contributed by atoms with Crippen molar-refractivity contribution in [2.45, 2.75) is 13.0 Å². The number of morpholine rings is 1. The van der Waals surface area contributed by atoms with Gasteiger partial charge in [-0.3, -0.25) is 14.5 Å². The Hall–Kier alpha value is -2.45. The summed E-state index contributed by atoms with van der Waals surface area (Å²) in [6.45, 7) is 10.00. The summed E-state index contributed by atoms with van der Waals surface area (Å²) in [6, 6.07) is 0. The summed E-state index contributed by atoms with van der Waals surface area (Å²) in [6.07, 6.45) is 1.62. The third kappa shape index (κ3) is 5.68. The molecule has 1 atom stereocenters. The van der Waals surface area contributed by atoms with E-state index in [9.17, 15) is 19.5 Å². The summed E-state index contributed by atoms with van der Waals surface area (Å²) < 4.78 is 5.48. The molecule has 1 fully saturated rings. The minimum absolute atomic E-state index is 0.0267. The maximum absolute atomic E-state index is 12.0. The van der Waals surface area contributed by atoms with E-state index in [1.165, 1.54) is 6.92 Å². The predicted molar refractivity (Wildman–Crippen MR) is 83.2 cm³/mol. The highest BCUT2D eigenvalue weighted by Gasteiger charge is 2.26. The molecule has 0 bridgehead atoms. The first-order valence-corrected chi connectivity index (χ1v) is 7.03. The Labute approximate surface area is 134 Å². The first kappa shape index (κ1) is 18.6. The molecular weight excluding hydrogens is 302 g/mol. The number of carboxylic acid groups (broad SMARTS) is 1. The number of carboxylic acids is 1. The topological polar surface area (TPSA) is 108 Å². The van der Waals surface area contributed by atoms with Gasteiger partial charge in [0, 0.05) is 24.9 Å². The number of carbonyl (C=O) groups is 3. The first-order valence-electron chi connectivity index (χ1n) is 7.03. The average Bonchev–Trinajstić information content (AvgIpc) is 2.53. The number of nitrogens with one attached hydrogen (secondary N) is 2. The Morgan fingerprint density at radius 3 is 2.65 bits per heavy atom. The molecule has 0 aromatic rings. The number of aliphatic carboxylic acids is 1. The molecule has 0 aromatic carbocycles. The van der Waals surface area contributed by atoms with E-state index >= 15 is 0 Å². The number of nitrogens with zero attached hydrogens (tertiary/aromatic N) is 1. The lowest BCUT2D eigenvalue weighted by atomic mass is 10.2. The molecule has 1 saturated heterocycles. The number of rotatable bonds is 7. The molecule has 8 nitrogen and oxygen atoms in total. The largest absolute Gasteiger partial charge is 0.477 e. The number of carbonyl (C=O) groups excluding carboxylic acids is 2. The standard InChI is InChI=1S/C15H21N3O5/c1-4-13(19)18(9-11-7-16-5-6-23-11)12(15(21)22)8-17-14(20)10(2)3/h4,8,11,16H,1-2,5-7,9H2,3H3,(H,17,20)(H,21,22). The van der Waals surface area contributed by atoms with Gasteiger partial charge in [-0.15, -0.1) is 0 Å². The summed E-state index contributed by atoms with van der Waals surface area (Å²) in [5, 5.41) is 14.7. The van der Waals surface area contributed by atoms with Gasteiger partial charge in [0.05, 0.1) is 19.3 Å². The third-order valence-corrected chi connectivity index (χ3v) is 3.07. The summed E-state index contributed by atoms with van der Waals surface area (Å²) in [4.78, 5) is 36.0. The second-order valence-electron chi connectivity index (χ2n) is 4.94. The van der Waals surface area contributed by atoms with Gasteiger partial charge >= 0.3 is 5.97 Å². The number of ether oxygens (including phenoxy) is 1. The third-order valence-electron chi connectivity index (χ3n) is 3.07. The van der Waals surface area contributed by atoms with Crippen molar-refractivity contribution in [3.05, 3.63) is 36.7 Å². The van der Waals surface area contributed by atoms with Crippen LogP contribution in [0.5, 0.6) is 0 Å². The summed E-state index contributed by atoms with van der Waals surface area (Å²) in [7, 11) is 0. The molecule has 0 spiro atoms. The molecule has 1 aliphatic rings. The van der Waals surface area contributed by atoms with E-state index in [0.29, 0.717) is 19.7 Å². The predicted octanol–water partition coefficient (Wildman–Crippen LogP) is -0.392. The lowest BCUT2D eigenvalue weighted by Gasteiger charge is -2.29. The second kappa shape index (κ2) is 8.86. The Morgan fingerprint density at radius 2 is 2.17 bits per heavy atom.